The van der Waals surface area contributed by atoms with Gasteiger partial charge in [0, 0.05) is 5.92 Å². The number of carbonyl (C=O) groups excluding carboxylic acids is 1. The second kappa shape index (κ2) is 3.15. The van der Waals surface area contributed by atoms with Crippen LogP contribution in [-0.2, 0) is 4.79 Å². The Hall–Kier alpha value is -0.370. The van der Waals surface area contributed by atoms with Gasteiger partial charge in [-0.25, -0.2) is 0 Å². The van der Waals surface area contributed by atoms with E-state index in [0.717, 1.165) is 25.5 Å². The van der Waals surface area contributed by atoms with Crippen molar-refractivity contribution >= 4 is 6.29 Å². The first-order valence-electron chi connectivity index (χ1n) is 3.89. The van der Waals surface area contributed by atoms with E-state index in [0.29, 0.717) is 0 Å². The SMILES string of the molecule is CC1C(O)CCCC1C=O. The molecule has 0 amide bonds. The highest BCUT2D eigenvalue weighted by atomic mass is 16.3. The van der Waals surface area contributed by atoms with Crippen LogP contribution in [0.1, 0.15) is 26.2 Å². The third kappa shape index (κ3) is 1.37. The van der Waals surface area contributed by atoms with Gasteiger partial charge in [0.25, 0.3) is 0 Å². The molecule has 0 aromatic heterocycles. The summed E-state index contributed by atoms with van der Waals surface area (Å²) < 4.78 is 0. The van der Waals surface area contributed by atoms with Crippen molar-refractivity contribution in [1.29, 1.82) is 0 Å². The molecule has 58 valence electrons. The summed E-state index contributed by atoms with van der Waals surface area (Å²) in [6.45, 7) is 1.95. The lowest BCUT2D eigenvalue weighted by Gasteiger charge is -2.29. The average molecular weight is 142 g/mol. The Morgan fingerprint density at radius 3 is 2.70 bits per heavy atom. The van der Waals surface area contributed by atoms with Gasteiger partial charge in [0.1, 0.15) is 6.29 Å². The first kappa shape index (κ1) is 7.73. The molecule has 1 fully saturated rings. The Bertz CT molecular complexity index is 122. The van der Waals surface area contributed by atoms with Gasteiger partial charge < -0.3 is 9.90 Å². The molecule has 0 aromatic rings. The standard InChI is InChI=1S/C8H14O2/c1-6-7(5-9)3-2-4-8(6)10/h5-8,10H,2-4H2,1H3. The topological polar surface area (TPSA) is 37.3 Å². The minimum atomic E-state index is -0.246. The molecule has 10 heavy (non-hydrogen) atoms. The lowest BCUT2D eigenvalue weighted by Crippen LogP contribution is -2.30. The molecule has 3 unspecified atom stereocenters. The molecule has 0 bridgehead atoms. The summed E-state index contributed by atoms with van der Waals surface area (Å²) in [4.78, 5) is 10.4. The zero-order valence-corrected chi connectivity index (χ0v) is 6.29. The van der Waals surface area contributed by atoms with Crippen LogP contribution in [0.15, 0.2) is 0 Å². The normalized spacial score (nSPS) is 41.2. The highest BCUT2D eigenvalue weighted by Gasteiger charge is 2.27. The zero-order valence-electron chi connectivity index (χ0n) is 6.29. The van der Waals surface area contributed by atoms with Crippen LogP contribution in [0.5, 0.6) is 0 Å². The van der Waals surface area contributed by atoms with Gasteiger partial charge in [-0.05, 0) is 18.8 Å². The third-order valence-electron chi connectivity index (χ3n) is 2.49. The largest absolute Gasteiger partial charge is 0.393 e. The van der Waals surface area contributed by atoms with E-state index in [1.54, 1.807) is 0 Å². The van der Waals surface area contributed by atoms with Gasteiger partial charge in [0.05, 0.1) is 6.10 Å². The van der Waals surface area contributed by atoms with Crippen LogP contribution < -0.4 is 0 Å². The van der Waals surface area contributed by atoms with Gasteiger partial charge in [-0.1, -0.05) is 13.3 Å². The van der Waals surface area contributed by atoms with E-state index in [1.165, 1.54) is 0 Å². The Kier molecular flexibility index (Phi) is 2.44. The molecular formula is C8H14O2. The number of hydrogen-bond acceptors (Lipinski definition) is 2. The van der Waals surface area contributed by atoms with Crippen LogP contribution in [0.25, 0.3) is 0 Å². The number of hydrogen-bond donors (Lipinski definition) is 1. The fourth-order valence-electron chi connectivity index (χ4n) is 1.57. The molecule has 3 atom stereocenters. The molecular weight excluding hydrogens is 128 g/mol. The first-order valence-corrected chi connectivity index (χ1v) is 3.89. The van der Waals surface area contributed by atoms with Crippen LogP contribution in [0, 0.1) is 11.8 Å². The van der Waals surface area contributed by atoms with Gasteiger partial charge in [0.2, 0.25) is 0 Å². The van der Waals surface area contributed by atoms with Crippen LogP contribution >= 0.6 is 0 Å². The molecule has 0 saturated heterocycles. The minimum absolute atomic E-state index is 0.101. The number of aliphatic hydroxyl groups is 1. The lowest BCUT2D eigenvalue weighted by molar-refractivity contribution is -0.115. The van der Waals surface area contributed by atoms with Crippen LogP contribution in [0.4, 0.5) is 0 Å². The summed E-state index contributed by atoms with van der Waals surface area (Å²) >= 11 is 0. The molecule has 1 aliphatic carbocycles. The van der Waals surface area contributed by atoms with Gasteiger partial charge in [0.15, 0.2) is 0 Å². The van der Waals surface area contributed by atoms with Crippen molar-refractivity contribution in [2.24, 2.45) is 11.8 Å². The summed E-state index contributed by atoms with van der Waals surface area (Å²) in [6.07, 6.45) is 3.55. The Morgan fingerprint density at radius 2 is 2.20 bits per heavy atom. The van der Waals surface area contributed by atoms with E-state index in [1.807, 2.05) is 6.92 Å². The van der Waals surface area contributed by atoms with Crippen molar-refractivity contribution < 1.29 is 9.90 Å². The van der Waals surface area contributed by atoms with Crippen LogP contribution in [0.2, 0.25) is 0 Å². The average Bonchev–Trinajstić information content (AvgIpc) is 1.95. The number of carbonyl (C=O) groups is 1. The second-order valence-electron chi connectivity index (χ2n) is 3.16. The summed E-state index contributed by atoms with van der Waals surface area (Å²) in [6, 6.07) is 0. The van der Waals surface area contributed by atoms with Crippen molar-refractivity contribution in [3.05, 3.63) is 0 Å². The maximum atomic E-state index is 10.4. The third-order valence-corrected chi connectivity index (χ3v) is 2.49. The molecule has 1 rings (SSSR count). The molecule has 0 spiro atoms. The maximum absolute atomic E-state index is 10.4. The van der Waals surface area contributed by atoms with Gasteiger partial charge in [-0.2, -0.15) is 0 Å². The second-order valence-corrected chi connectivity index (χ2v) is 3.16. The molecule has 2 heteroatoms. The molecule has 0 heterocycles. The van der Waals surface area contributed by atoms with Gasteiger partial charge in [-0.3, -0.25) is 0 Å². The van der Waals surface area contributed by atoms with Crippen molar-refractivity contribution in [2.75, 3.05) is 0 Å². The maximum Gasteiger partial charge on any atom is 0.123 e. The lowest BCUT2D eigenvalue weighted by atomic mass is 9.79. The van der Waals surface area contributed by atoms with E-state index in [4.69, 9.17) is 0 Å². The molecule has 1 N–H and O–H groups in total. The van der Waals surface area contributed by atoms with Crippen LogP contribution in [-0.4, -0.2) is 17.5 Å². The highest BCUT2D eigenvalue weighted by Crippen LogP contribution is 2.28. The number of rotatable bonds is 1. The number of aliphatic hydroxyl groups excluding tert-OH is 1. The first-order chi connectivity index (χ1) is 4.75. The minimum Gasteiger partial charge on any atom is -0.393 e. The van der Waals surface area contributed by atoms with E-state index in [-0.39, 0.29) is 17.9 Å². The zero-order chi connectivity index (χ0) is 7.56. The van der Waals surface area contributed by atoms with Crippen molar-refractivity contribution in [2.45, 2.75) is 32.3 Å². The Balaban J connectivity index is 2.50. The van der Waals surface area contributed by atoms with E-state index < -0.39 is 0 Å². The smallest absolute Gasteiger partial charge is 0.123 e. The van der Waals surface area contributed by atoms with E-state index >= 15 is 0 Å². The Morgan fingerprint density at radius 1 is 1.50 bits per heavy atom. The number of aldehydes is 1. The van der Waals surface area contributed by atoms with Crippen molar-refractivity contribution in [1.82, 2.24) is 0 Å². The molecule has 0 aromatic carbocycles. The molecule has 0 radical (unpaired) electrons. The van der Waals surface area contributed by atoms with Gasteiger partial charge in [-0.15, -0.1) is 0 Å². The van der Waals surface area contributed by atoms with Crippen molar-refractivity contribution in [3.8, 4) is 0 Å². The Labute approximate surface area is 61.2 Å². The van der Waals surface area contributed by atoms with Crippen molar-refractivity contribution in [3.63, 3.8) is 0 Å². The molecule has 2 nitrogen and oxygen atoms in total. The predicted molar refractivity (Wildman–Crippen MR) is 38.6 cm³/mol. The predicted octanol–water partition coefficient (Wildman–Crippen LogP) is 0.982. The van der Waals surface area contributed by atoms with Crippen LogP contribution in [0.3, 0.4) is 0 Å². The molecule has 1 aliphatic rings. The van der Waals surface area contributed by atoms with E-state index in [2.05, 4.69) is 0 Å². The monoisotopic (exact) mass is 142 g/mol. The molecule has 0 aliphatic heterocycles. The summed E-state index contributed by atoms with van der Waals surface area (Å²) in [5.74, 6) is 0.273. The summed E-state index contributed by atoms with van der Waals surface area (Å²) in [7, 11) is 0. The quantitative estimate of drug-likeness (QED) is 0.554. The van der Waals surface area contributed by atoms with E-state index in [9.17, 15) is 9.90 Å². The highest BCUT2D eigenvalue weighted by molar-refractivity contribution is 5.54. The fraction of sp³-hybridized carbons (Fsp3) is 0.875. The summed E-state index contributed by atoms with van der Waals surface area (Å²) in [5.41, 5.74) is 0. The van der Waals surface area contributed by atoms with Gasteiger partial charge >= 0.3 is 0 Å². The molecule has 1 saturated carbocycles. The summed E-state index contributed by atoms with van der Waals surface area (Å²) in [5, 5.41) is 9.32. The fourth-order valence-corrected chi connectivity index (χ4v) is 1.57.